The Morgan fingerprint density at radius 3 is 2.72 bits per heavy atom. The van der Waals surface area contributed by atoms with Crippen molar-refractivity contribution >= 4 is 19.1 Å². The molecule has 0 N–H and O–H groups in total. The SMILES string of the molecule is Cn1ccc(-c2ccc3c(c2)ncn3COCC[Si](C)(C)C)nc1=O. The summed E-state index contributed by atoms with van der Waals surface area (Å²) >= 11 is 0. The van der Waals surface area contributed by atoms with Crippen molar-refractivity contribution < 1.29 is 4.74 Å². The first-order valence-corrected chi connectivity index (χ1v) is 12.1. The van der Waals surface area contributed by atoms with E-state index in [1.807, 2.05) is 28.8 Å². The highest BCUT2D eigenvalue weighted by Gasteiger charge is 2.12. The van der Waals surface area contributed by atoms with Gasteiger partial charge in [-0.25, -0.2) is 9.78 Å². The Kier molecular flexibility index (Phi) is 4.87. The van der Waals surface area contributed by atoms with Crippen LogP contribution in [0.25, 0.3) is 22.3 Å². The lowest BCUT2D eigenvalue weighted by atomic mass is 10.1. The molecule has 25 heavy (non-hydrogen) atoms. The zero-order valence-corrected chi connectivity index (χ0v) is 16.2. The molecule has 0 saturated heterocycles. The maximum atomic E-state index is 11.7. The van der Waals surface area contributed by atoms with Crippen molar-refractivity contribution in [3.05, 3.63) is 47.3 Å². The second-order valence-electron chi connectivity index (χ2n) is 7.47. The first-order valence-electron chi connectivity index (χ1n) is 8.40. The number of hydrogen-bond donors (Lipinski definition) is 0. The summed E-state index contributed by atoms with van der Waals surface area (Å²) < 4.78 is 9.26. The fraction of sp³-hybridized carbons (Fsp3) is 0.389. The van der Waals surface area contributed by atoms with Gasteiger partial charge >= 0.3 is 5.69 Å². The molecule has 0 aliphatic carbocycles. The number of imidazole rings is 1. The Morgan fingerprint density at radius 1 is 1.20 bits per heavy atom. The van der Waals surface area contributed by atoms with E-state index in [1.54, 1.807) is 19.6 Å². The van der Waals surface area contributed by atoms with Gasteiger partial charge in [0.15, 0.2) is 0 Å². The largest absolute Gasteiger partial charge is 0.361 e. The molecular weight excluding hydrogens is 332 g/mol. The number of hydrogen-bond acceptors (Lipinski definition) is 4. The van der Waals surface area contributed by atoms with E-state index in [1.165, 1.54) is 4.57 Å². The molecule has 0 amide bonds. The van der Waals surface area contributed by atoms with Crippen LogP contribution in [0.3, 0.4) is 0 Å². The van der Waals surface area contributed by atoms with Crippen LogP contribution in [0.1, 0.15) is 0 Å². The summed E-state index contributed by atoms with van der Waals surface area (Å²) in [7, 11) is 0.616. The number of benzene rings is 1. The van der Waals surface area contributed by atoms with Gasteiger partial charge in [0.05, 0.1) is 23.1 Å². The van der Waals surface area contributed by atoms with Crippen molar-refractivity contribution in [3.8, 4) is 11.3 Å². The molecular formula is C18H24N4O2Si. The third-order valence-corrected chi connectivity index (χ3v) is 5.82. The molecule has 0 atom stereocenters. The smallest absolute Gasteiger partial charge is 0.347 e. The number of fused-ring (bicyclic) bond motifs is 1. The first-order chi connectivity index (χ1) is 11.8. The van der Waals surface area contributed by atoms with Gasteiger partial charge in [0.2, 0.25) is 0 Å². The quantitative estimate of drug-likeness (QED) is 0.503. The summed E-state index contributed by atoms with van der Waals surface area (Å²) in [4.78, 5) is 20.3. The molecule has 0 radical (unpaired) electrons. The number of rotatable bonds is 6. The molecule has 7 heteroatoms. The number of aryl methyl sites for hydroxylation is 1. The Balaban J connectivity index is 1.77. The van der Waals surface area contributed by atoms with Gasteiger partial charge in [-0.2, -0.15) is 4.98 Å². The molecule has 0 aliphatic heterocycles. The minimum absolute atomic E-state index is 0.265. The van der Waals surface area contributed by atoms with Gasteiger partial charge in [-0.1, -0.05) is 25.7 Å². The Labute approximate surface area is 148 Å². The van der Waals surface area contributed by atoms with Crippen molar-refractivity contribution in [2.75, 3.05) is 6.61 Å². The second kappa shape index (κ2) is 6.93. The average molecular weight is 357 g/mol. The molecule has 0 bridgehead atoms. The van der Waals surface area contributed by atoms with Crippen LogP contribution in [0.2, 0.25) is 25.7 Å². The van der Waals surface area contributed by atoms with Crippen molar-refractivity contribution in [3.63, 3.8) is 0 Å². The Morgan fingerprint density at radius 2 is 2.00 bits per heavy atom. The van der Waals surface area contributed by atoms with Crippen LogP contribution in [0, 0.1) is 0 Å². The van der Waals surface area contributed by atoms with Crippen molar-refractivity contribution in [1.29, 1.82) is 0 Å². The van der Waals surface area contributed by atoms with E-state index in [0.29, 0.717) is 12.4 Å². The van der Waals surface area contributed by atoms with Gasteiger partial charge in [-0.05, 0) is 24.2 Å². The van der Waals surface area contributed by atoms with Crippen molar-refractivity contribution in [1.82, 2.24) is 19.1 Å². The fourth-order valence-corrected chi connectivity index (χ4v) is 3.25. The van der Waals surface area contributed by atoms with Crippen molar-refractivity contribution in [2.24, 2.45) is 7.05 Å². The molecule has 0 unspecified atom stereocenters. The highest BCUT2D eigenvalue weighted by atomic mass is 28.3. The maximum Gasteiger partial charge on any atom is 0.347 e. The van der Waals surface area contributed by atoms with Gasteiger partial charge in [0.25, 0.3) is 0 Å². The highest BCUT2D eigenvalue weighted by Crippen LogP contribution is 2.21. The minimum Gasteiger partial charge on any atom is -0.361 e. The van der Waals surface area contributed by atoms with E-state index in [9.17, 15) is 4.79 Å². The molecule has 2 heterocycles. The molecule has 0 fully saturated rings. The molecule has 3 rings (SSSR count). The summed E-state index contributed by atoms with van der Waals surface area (Å²) in [6.45, 7) is 8.31. The summed E-state index contributed by atoms with van der Waals surface area (Å²) in [6, 6.07) is 8.90. The van der Waals surface area contributed by atoms with E-state index in [4.69, 9.17) is 4.74 Å². The van der Waals surface area contributed by atoms with E-state index in [0.717, 1.165) is 29.2 Å². The molecule has 1 aromatic carbocycles. The zero-order chi connectivity index (χ0) is 18.0. The summed E-state index contributed by atoms with van der Waals surface area (Å²) in [5, 5.41) is 0. The van der Waals surface area contributed by atoms with Gasteiger partial charge in [-0.3, -0.25) is 0 Å². The van der Waals surface area contributed by atoms with E-state index < -0.39 is 8.07 Å². The van der Waals surface area contributed by atoms with Crippen molar-refractivity contribution in [2.45, 2.75) is 32.4 Å². The minimum atomic E-state index is -1.07. The zero-order valence-electron chi connectivity index (χ0n) is 15.2. The Bertz CT molecular complexity index is 940. The third-order valence-electron chi connectivity index (χ3n) is 4.12. The summed E-state index contributed by atoms with van der Waals surface area (Å²) in [5.74, 6) is 0. The van der Waals surface area contributed by atoms with E-state index in [2.05, 4.69) is 29.6 Å². The van der Waals surface area contributed by atoms with Gasteiger partial charge in [0.1, 0.15) is 6.73 Å². The summed E-state index contributed by atoms with van der Waals surface area (Å²) in [5.41, 5.74) is 3.16. The van der Waals surface area contributed by atoms with Crippen LogP contribution >= 0.6 is 0 Å². The number of aromatic nitrogens is 4. The predicted octanol–water partition coefficient (Wildman–Crippen LogP) is 3.11. The lowest BCUT2D eigenvalue weighted by molar-refractivity contribution is 0.0898. The first kappa shape index (κ1) is 17.6. The molecule has 6 nitrogen and oxygen atoms in total. The third kappa shape index (κ3) is 4.24. The highest BCUT2D eigenvalue weighted by molar-refractivity contribution is 6.76. The van der Waals surface area contributed by atoms with Crippen LogP contribution in [0.5, 0.6) is 0 Å². The number of ether oxygens (including phenoxy) is 1. The summed E-state index contributed by atoms with van der Waals surface area (Å²) in [6.07, 6.45) is 3.51. The Hall–Kier alpha value is -2.25. The fourth-order valence-electron chi connectivity index (χ4n) is 2.49. The topological polar surface area (TPSA) is 61.9 Å². The van der Waals surface area contributed by atoms with Gasteiger partial charge in [-0.15, -0.1) is 0 Å². The molecule has 0 aliphatic rings. The molecule has 3 aromatic rings. The predicted molar refractivity (Wildman–Crippen MR) is 102 cm³/mol. The monoisotopic (exact) mass is 356 g/mol. The average Bonchev–Trinajstić information content (AvgIpc) is 2.95. The van der Waals surface area contributed by atoms with E-state index in [-0.39, 0.29) is 5.69 Å². The molecule has 0 saturated carbocycles. The number of nitrogens with zero attached hydrogens (tertiary/aromatic N) is 4. The maximum absolute atomic E-state index is 11.7. The van der Waals surface area contributed by atoms with Crippen LogP contribution in [-0.4, -0.2) is 33.8 Å². The van der Waals surface area contributed by atoms with Crippen LogP contribution in [0.4, 0.5) is 0 Å². The van der Waals surface area contributed by atoms with Gasteiger partial charge < -0.3 is 13.9 Å². The molecule has 132 valence electrons. The van der Waals surface area contributed by atoms with Crippen LogP contribution in [-0.2, 0) is 18.5 Å². The molecule has 2 aromatic heterocycles. The second-order valence-corrected chi connectivity index (χ2v) is 13.1. The normalized spacial score (nSPS) is 12.0. The van der Waals surface area contributed by atoms with Gasteiger partial charge in [0, 0.05) is 33.5 Å². The lowest BCUT2D eigenvalue weighted by Gasteiger charge is -2.15. The van der Waals surface area contributed by atoms with Crippen LogP contribution < -0.4 is 5.69 Å². The standard InChI is InChI=1S/C18H24N4O2Si/c1-21-8-7-15(20-18(21)23)14-5-6-17-16(11-14)19-12-22(17)13-24-9-10-25(2,3)4/h5-8,11-12H,9-10,13H2,1-4H3. The molecule has 0 spiro atoms. The van der Waals surface area contributed by atoms with Crippen LogP contribution in [0.15, 0.2) is 41.6 Å². The lowest BCUT2D eigenvalue weighted by Crippen LogP contribution is -2.21. The van der Waals surface area contributed by atoms with E-state index >= 15 is 0 Å².